The zero-order valence-electron chi connectivity index (χ0n) is 11.2. The molecule has 1 aromatic rings. The van der Waals surface area contributed by atoms with Gasteiger partial charge in [-0.15, -0.1) is 11.3 Å². The van der Waals surface area contributed by atoms with E-state index < -0.39 is 0 Å². The fraction of sp³-hybridized carbons (Fsp3) is 0.692. The van der Waals surface area contributed by atoms with Gasteiger partial charge in [0.05, 0.1) is 11.4 Å². The number of likely N-dealkylation sites (tertiary alicyclic amines) is 1. The van der Waals surface area contributed by atoms with Gasteiger partial charge in [0.15, 0.2) is 4.34 Å². The molecule has 18 heavy (non-hydrogen) atoms. The quantitative estimate of drug-likeness (QED) is 0.799. The van der Waals surface area contributed by atoms with Crippen LogP contribution in [-0.2, 0) is 10.2 Å². The Morgan fingerprint density at radius 3 is 2.67 bits per heavy atom. The van der Waals surface area contributed by atoms with Gasteiger partial charge >= 0.3 is 0 Å². The van der Waals surface area contributed by atoms with Crippen LogP contribution >= 0.6 is 23.1 Å². The Kier molecular flexibility index (Phi) is 4.33. The van der Waals surface area contributed by atoms with Crippen LogP contribution in [0.4, 0.5) is 0 Å². The van der Waals surface area contributed by atoms with Gasteiger partial charge in [-0.25, -0.2) is 4.98 Å². The van der Waals surface area contributed by atoms with E-state index in [4.69, 9.17) is 0 Å². The number of rotatable bonds is 3. The number of carbonyl (C=O) groups is 1. The highest BCUT2D eigenvalue weighted by molar-refractivity contribution is 8.01. The molecule has 5 heteroatoms. The molecule has 0 unspecified atom stereocenters. The van der Waals surface area contributed by atoms with E-state index in [1.165, 1.54) is 0 Å². The molecular formula is C13H20N2OS2. The van der Waals surface area contributed by atoms with Crippen molar-refractivity contribution in [1.82, 2.24) is 9.88 Å². The van der Waals surface area contributed by atoms with E-state index >= 15 is 0 Å². The van der Waals surface area contributed by atoms with Gasteiger partial charge in [0.1, 0.15) is 0 Å². The third-order valence-electron chi connectivity index (χ3n) is 3.03. The first-order valence-corrected chi connectivity index (χ1v) is 8.20. The highest BCUT2D eigenvalue weighted by Crippen LogP contribution is 2.29. The van der Waals surface area contributed by atoms with Crippen molar-refractivity contribution in [2.75, 3.05) is 18.8 Å². The molecule has 0 aliphatic carbocycles. The first-order chi connectivity index (χ1) is 8.47. The highest BCUT2D eigenvalue weighted by Gasteiger charge is 2.20. The monoisotopic (exact) mass is 284 g/mol. The van der Waals surface area contributed by atoms with Crippen LogP contribution in [0.5, 0.6) is 0 Å². The van der Waals surface area contributed by atoms with E-state index in [1.54, 1.807) is 23.1 Å². The van der Waals surface area contributed by atoms with Crippen LogP contribution in [0, 0.1) is 0 Å². The lowest BCUT2D eigenvalue weighted by Crippen LogP contribution is -2.29. The van der Waals surface area contributed by atoms with Crippen molar-refractivity contribution >= 4 is 29.0 Å². The normalized spacial score (nSPS) is 16.3. The minimum Gasteiger partial charge on any atom is -0.342 e. The number of hydrogen-bond donors (Lipinski definition) is 0. The second-order valence-electron chi connectivity index (χ2n) is 5.63. The molecule has 2 heterocycles. The lowest BCUT2D eigenvalue weighted by Gasteiger charge is -2.15. The summed E-state index contributed by atoms with van der Waals surface area (Å²) in [5.74, 6) is 0.780. The summed E-state index contributed by atoms with van der Waals surface area (Å²) in [7, 11) is 0. The number of nitrogens with zero attached hydrogens (tertiary/aromatic N) is 2. The molecule has 0 atom stereocenters. The molecule has 1 aromatic heterocycles. The lowest BCUT2D eigenvalue weighted by atomic mass is 9.93. The molecular weight excluding hydrogens is 264 g/mol. The summed E-state index contributed by atoms with van der Waals surface area (Å²) in [5, 5.41) is 2.10. The van der Waals surface area contributed by atoms with Crippen LogP contribution in [0.3, 0.4) is 0 Å². The zero-order chi connectivity index (χ0) is 13.2. The second kappa shape index (κ2) is 5.61. The Morgan fingerprint density at radius 1 is 1.44 bits per heavy atom. The van der Waals surface area contributed by atoms with Gasteiger partial charge in [0, 0.05) is 23.9 Å². The Hall–Kier alpha value is -0.550. The average Bonchev–Trinajstić information content (AvgIpc) is 2.96. The number of amides is 1. The standard InChI is InChI=1S/C13H20N2OS2/c1-13(2,3)10-8-17-12(14-10)18-9-11(16)15-6-4-5-7-15/h8H,4-7,9H2,1-3H3. The number of thiazole rings is 1. The third kappa shape index (κ3) is 3.48. The molecule has 0 aromatic carbocycles. The SMILES string of the molecule is CC(C)(C)c1csc(SCC(=O)N2CCCC2)n1. The fourth-order valence-electron chi connectivity index (χ4n) is 1.85. The van der Waals surface area contributed by atoms with Gasteiger partial charge in [-0.1, -0.05) is 32.5 Å². The largest absolute Gasteiger partial charge is 0.342 e. The van der Waals surface area contributed by atoms with Crippen LogP contribution in [-0.4, -0.2) is 34.6 Å². The summed E-state index contributed by atoms with van der Waals surface area (Å²) in [6, 6.07) is 0. The van der Waals surface area contributed by atoms with Gasteiger partial charge in [0.2, 0.25) is 5.91 Å². The van der Waals surface area contributed by atoms with E-state index in [9.17, 15) is 4.79 Å². The topological polar surface area (TPSA) is 33.2 Å². The molecule has 1 saturated heterocycles. The summed E-state index contributed by atoms with van der Waals surface area (Å²) >= 11 is 3.21. The highest BCUT2D eigenvalue weighted by atomic mass is 32.2. The van der Waals surface area contributed by atoms with Gasteiger partial charge < -0.3 is 4.90 Å². The van der Waals surface area contributed by atoms with Crippen LogP contribution in [0.25, 0.3) is 0 Å². The van der Waals surface area contributed by atoms with Crippen molar-refractivity contribution in [2.45, 2.75) is 43.4 Å². The molecule has 0 radical (unpaired) electrons. The minimum atomic E-state index is 0.0915. The maximum atomic E-state index is 11.9. The minimum absolute atomic E-state index is 0.0915. The number of aromatic nitrogens is 1. The maximum Gasteiger partial charge on any atom is 0.233 e. The first kappa shape index (κ1) is 13.9. The summed E-state index contributed by atoms with van der Waals surface area (Å²) in [5.41, 5.74) is 1.21. The molecule has 1 amide bonds. The number of hydrogen-bond acceptors (Lipinski definition) is 4. The Morgan fingerprint density at radius 2 is 2.11 bits per heavy atom. The molecule has 0 saturated carbocycles. The first-order valence-electron chi connectivity index (χ1n) is 6.33. The Balaban J connectivity index is 1.86. The maximum absolute atomic E-state index is 11.9. The van der Waals surface area contributed by atoms with Crippen LogP contribution < -0.4 is 0 Å². The number of thioether (sulfide) groups is 1. The summed E-state index contributed by atoms with van der Waals surface area (Å²) in [6.07, 6.45) is 2.31. The van der Waals surface area contributed by atoms with Crippen LogP contribution in [0.1, 0.15) is 39.3 Å². The van der Waals surface area contributed by atoms with Gasteiger partial charge in [0.25, 0.3) is 0 Å². The molecule has 2 rings (SSSR count). The second-order valence-corrected chi connectivity index (χ2v) is 7.71. The van der Waals surface area contributed by atoms with Crippen molar-refractivity contribution in [3.8, 4) is 0 Å². The lowest BCUT2D eigenvalue weighted by molar-refractivity contribution is -0.127. The van der Waals surface area contributed by atoms with Crippen molar-refractivity contribution in [3.05, 3.63) is 11.1 Å². The van der Waals surface area contributed by atoms with Crippen LogP contribution in [0.15, 0.2) is 9.72 Å². The zero-order valence-corrected chi connectivity index (χ0v) is 12.9. The molecule has 1 aliphatic rings. The fourth-order valence-corrected chi connectivity index (χ4v) is 3.80. The Labute approximate surface area is 117 Å². The van der Waals surface area contributed by atoms with Crippen LogP contribution in [0.2, 0.25) is 0 Å². The van der Waals surface area contributed by atoms with Crippen molar-refractivity contribution in [3.63, 3.8) is 0 Å². The predicted octanol–water partition coefficient (Wildman–Crippen LogP) is 3.16. The molecule has 100 valence electrons. The van der Waals surface area contributed by atoms with E-state index in [0.29, 0.717) is 5.75 Å². The molecule has 1 fully saturated rings. The summed E-state index contributed by atoms with van der Waals surface area (Å²) in [6.45, 7) is 8.35. The van der Waals surface area contributed by atoms with Crippen molar-refractivity contribution in [2.24, 2.45) is 0 Å². The predicted molar refractivity (Wildman–Crippen MR) is 77.4 cm³/mol. The molecule has 0 N–H and O–H groups in total. The molecule has 0 spiro atoms. The van der Waals surface area contributed by atoms with Gasteiger partial charge in [-0.2, -0.15) is 0 Å². The average molecular weight is 284 g/mol. The van der Waals surface area contributed by atoms with Crippen molar-refractivity contribution < 1.29 is 4.79 Å². The Bertz CT molecular complexity index is 417. The molecule has 1 aliphatic heterocycles. The van der Waals surface area contributed by atoms with Gasteiger partial charge in [-0.3, -0.25) is 4.79 Å². The number of carbonyl (C=O) groups excluding carboxylic acids is 1. The smallest absolute Gasteiger partial charge is 0.233 e. The van der Waals surface area contributed by atoms with E-state index in [0.717, 1.165) is 36.0 Å². The van der Waals surface area contributed by atoms with Crippen molar-refractivity contribution in [1.29, 1.82) is 0 Å². The summed E-state index contributed by atoms with van der Waals surface area (Å²) < 4.78 is 1.01. The third-order valence-corrected chi connectivity index (χ3v) is 5.04. The van der Waals surface area contributed by atoms with E-state index in [1.807, 2.05) is 4.90 Å². The molecule has 3 nitrogen and oxygen atoms in total. The van der Waals surface area contributed by atoms with E-state index in [2.05, 4.69) is 31.1 Å². The summed E-state index contributed by atoms with van der Waals surface area (Å²) in [4.78, 5) is 18.5. The van der Waals surface area contributed by atoms with E-state index in [-0.39, 0.29) is 11.3 Å². The van der Waals surface area contributed by atoms with Gasteiger partial charge in [-0.05, 0) is 12.8 Å². The molecule has 0 bridgehead atoms.